The Kier molecular flexibility index (Phi) is 7.37. The first-order valence-electron chi connectivity index (χ1n) is 9.73. The lowest BCUT2D eigenvalue weighted by atomic mass is 10.1. The van der Waals surface area contributed by atoms with E-state index in [1.165, 1.54) is 0 Å². The van der Waals surface area contributed by atoms with E-state index in [0.29, 0.717) is 36.9 Å². The maximum absolute atomic E-state index is 12.1. The van der Waals surface area contributed by atoms with Gasteiger partial charge in [-0.1, -0.05) is 29.4 Å². The average molecular weight is 445 g/mol. The van der Waals surface area contributed by atoms with Gasteiger partial charge in [0.25, 0.3) is 0 Å². The van der Waals surface area contributed by atoms with E-state index in [4.69, 9.17) is 14.4 Å². The van der Waals surface area contributed by atoms with Gasteiger partial charge in [-0.2, -0.15) is 4.98 Å². The van der Waals surface area contributed by atoms with Crippen LogP contribution >= 0.6 is 0 Å². The fourth-order valence-corrected chi connectivity index (χ4v) is 3.49. The molecule has 0 radical (unpaired) electrons. The minimum atomic E-state index is -3.57. The van der Waals surface area contributed by atoms with Gasteiger partial charge in [-0.25, -0.2) is 13.6 Å². The Morgan fingerprint density at radius 2 is 1.77 bits per heavy atom. The standard InChI is InChI=1S/C21H24N4O5S/c1-2-29-18-9-7-17(8-10-18)21-24-20(30-25-21)12-11-19(26)23-13-15-3-5-16(6-4-15)14-31(22,27)28/h3-10H,2,11-14H2,1H3,(H,23,26)(H2,22,27,28). The van der Waals surface area contributed by atoms with Crippen LogP contribution in [0.4, 0.5) is 0 Å². The van der Waals surface area contributed by atoms with Crippen molar-refractivity contribution in [1.29, 1.82) is 0 Å². The molecule has 0 saturated heterocycles. The Bertz CT molecular complexity index is 1110. The van der Waals surface area contributed by atoms with E-state index in [9.17, 15) is 13.2 Å². The van der Waals surface area contributed by atoms with E-state index in [0.717, 1.165) is 16.9 Å². The molecule has 0 saturated carbocycles. The Balaban J connectivity index is 1.46. The highest BCUT2D eigenvalue weighted by Crippen LogP contribution is 2.20. The molecule has 31 heavy (non-hydrogen) atoms. The number of nitrogens with one attached hydrogen (secondary N) is 1. The molecule has 3 N–H and O–H groups in total. The summed E-state index contributed by atoms with van der Waals surface area (Å²) in [4.78, 5) is 16.4. The molecule has 164 valence electrons. The van der Waals surface area contributed by atoms with Gasteiger partial charge in [0.2, 0.25) is 27.6 Å². The third-order valence-corrected chi connectivity index (χ3v) is 5.07. The highest BCUT2D eigenvalue weighted by atomic mass is 32.2. The van der Waals surface area contributed by atoms with E-state index in [2.05, 4.69) is 15.5 Å². The molecule has 3 rings (SSSR count). The first-order chi connectivity index (χ1) is 14.8. The monoisotopic (exact) mass is 444 g/mol. The van der Waals surface area contributed by atoms with E-state index < -0.39 is 10.0 Å². The van der Waals surface area contributed by atoms with Crippen molar-refractivity contribution in [3.63, 3.8) is 0 Å². The van der Waals surface area contributed by atoms with Gasteiger partial charge < -0.3 is 14.6 Å². The predicted octanol–water partition coefficient (Wildman–Crippen LogP) is 2.17. The third-order valence-electron chi connectivity index (χ3n) is 4.34. The fourth-order valence-electron chi connectivity index (χ4n) is 2.84. The molecule has 9 nitrogen and oxygen atoms in total. The summed E-state index contributed by atoms with van der Waals surface area (Å²) < 4.78 is 32.9. The number of carbonyl (C=O) groups excluding carboxylic acids is 1. The number of nitrogens with two attached hydrogens (primary N) is 1. The molecule has 0 atom stereocenters. The number of aromatic nitrogens is 2. The molecule has 3 aromatic rings. The molecular formula is C21H24N4O5S. The predicted molar refractivity (Wildman–Crippen MR) is 114 cm³/mol. The average Bonchev–Trinajstić information content (AvgIpc) is 3.20. The molecule has 2 aromatic carbocycles. The second kappa shape index (κ2) is 10.2. The van der Waals surface area contributed by atoms with Crippen molar-refractivity contribution >= 4 is 15.9 Å². The van der Waals surface area contributed by atoms with Crippen LogP contribution in [0.15, 0.2) is 53.1 Å². The first-order valence-corrected chi connectivity index (χ1v) is 11.4. The summed E-state index contributed by atoms with van der Waals surface area (Å²) >= 11 is 0. The largest absolute Gasteiger partial charge is 0.494 e. The van der Waals surface area contributed by atoms with Gasteiger partial charge in [0.1, 0.15) is 5.75 Å². The van der Waals surface area contributed by atoms with Crippen LogP contribution in [0, 0.1) is 0 Å². The first kappa shape index (κ1) is 22.4. The number of sulfonamides is 1. The summed E-state index contributed by atoms with van der Waals surface area (Å²) in [5, 5.41) is 11.8. The van der Waals surface area contributed by atoms with E-state index >= 15 is 0 Å². The van der Waals surface area contributed by atoms with Crippen LogP contribution in [0.25, 0.3) is 11.4 Å². The molecule has 0 aliphatic carbocycles. The van der Waals surface area contributed by atoms with Crippen molar-refractivity contribution in [3.05, 3.63) is 65.5 Å². The highest BCUT2D eigenvalue weighted by Gasteiger charge is 2.11. The minimum Gasteiger partial charge on any atom is -0.494 e. The van der Waals surface area contributed by atoms with Crippen LogP contribution in [-0.2, 0) is 33.5 Å². The summed E-state index contributed by atoms with van der Waals surface area (Å²) in [6.07, 6.45) is 0.525. The number of hydrogen-bond acceptors (Lipinski definition) is 7. The molecule has 10 heteroatoms. The van der Waals surface area contributed by atoms with Crippen molar-refractivity contribution in [3.8, 4) is 17.1 Å². The van der Waals surface area contributed by atoms with Crippen LogP contribution in [0.5, 0.6) is 5.75 Å². The summed E-state index contributed by atoms with van der Waals surface area (Å²) in [7, 11) is -3.57. The maximum atomic E-state index is 12.1. The quantitative estimate of drug-likeness (QED) is 0.489. The molecule has 0 fully saturated rings. The van der Waals surface area contributed by atoms with Crippen LogP contribution in [0.1, 0.15) is 30.4 Å². The lowest BCUT2D eigenvalue weighted by molar-refractivity contribution is -0.121. The van der Waals surface area contributed by atoms with Crippen LogP contribution in [-0.4, -0.2) is 31.1 Å². The zero-order chi connectivity index (χ0) is 22.3. The Hall–Kier alpha value is -3.24. The number of amides is 1. The summed E-state index contributed by atoms with van der Waals surface area (Å²) in [6.45, 7) is 2.84. The van der Waals surface area contributed by atoms with Crippen LogP contribution in [0.3, 0.4) is 0 Å². The zero-order valence-electron chi connectivity index (χ0n) is 17.1. The Labute approximate surface area is 180 Å². The molecule has 0 aliphatic rings. The highest BCUT2D eigenvalue weighted by molar-refractivity contribution is 7.88. The molecule has 1 amide bonds. The summed E-state index contributed by atoms with van der Waals surface area (Å²) in [6, 6.07) is 14.2. The normalized spacial score (nSPS) is 11.3. The van der Waals surface area contributed by atoms with Crippen LogP contribution < -0.4 is 15.2 Å². The van der Waals surface area contributed by atoms with Crippen molar-refractivity contribution in [2.24, 2.45) is 5.14 Å². The van der Waals surface area contributed by atoms with Gasteiger partial charge in [0.05, 0.1) is 12.4 Å². The van der Waals surface area contributed by atoms with Crippen molar-refractivity contribution in [2.75, 3.05) is 6.61 Å². The SMILES string of the molecule is CCOc1ccc(-c2noc(CCC(=O)NCc3ccc(CS(N)(=O)=O)cc3)n2)cc1. The molecule has 0 unspecified atom stereocenters. The molecule has 0 spiro atoms. The van der Waals surface area contributed by atoms with E-state index in [1.54, 1.807) is 24.3 Å². The van der Waals surface area contributed by atoms with Crippen molar-refractivity contribution in [2.45, 2.75) is 32.1 Å². The summed E-state index contributed by atoms with van der Waals surface area (Å²) in [5.41, 5.74) is 2.24. The van der Waals surface area contributed by atoms with Gasteiger partial charge in [0, 0.05) is 24.9 Å². The van der Waals surface area contributed by atoms with Crippen molar-refractivity contribution in [1.82, 2.24) is 15.5 Å². The number of ether oxygens (including phenoxy) is 1. The number of primary sulfonamides is 1. The Morgan fingerprint density at radius 3 is 2.42 bits per heavy atom. The van der Waals surface area contributed by atoms with Crippen molar-refractivity contribution < 1.29 is 22.5 Å². The minimum absolute atomic E-state index is 0.158. The second-order valence-electron chi connectivity index (χ2n) is 6.87. The van der Waals surface area contributed by atoms with Gasteiger partial charge >= 0.3 is 0 Å². The van der Waals surface area contributed by atoms with E-state index in [-0.39, 0.29) is 18.1 Å². The smallest absolute Gasteiger partial charge is 0.227 e. The molecule has 1 aromatic heterocycles. The number of aryl methyl sites for hydroxylation is 1. The molecule has 0 aliphatic heterocycles. The summed E-state index contributed by atoms with van der Waals surface area (Å²) in [5.74, 6) is 1.23. The van der Waals surface area contributed by atoms with Gasteiger partial charge in [0.15, 0.2) is 0 Å². The number of carbonyl (C=O) groups is 1. The maximum Gasteiger partial charge on any atom is 0.227 e. The lowest BCUT2D eigenvalue weighted by Crippen LogP contribution is -2.23. The number of benzene rings is 2. The fraction of sp³-hybridized carbons (Fsp3) is 0.286. The molecule has 0 bridgehead atoms. The van der Waals surface area contributed by atoms with E-state index in [1.807, 2.05) is 31.2 Å². The third kappa shape index (κ3) is 7.19. The number of nitrogens with zero attached hydrogens (tertiary/aromatic N) is 2. The van der Waals surface area contributed by atoms with Gasteiger partial charge in [-0.3, -0.25) is 4.79 Å². The van der Waals surface area contributed by atoms with Gasteiger partial charge in [-0.05, 0) is 42.3 Å². The number of rotatable bonds is 10. The molecule has 1 heterocycles. The lowest BCUT2D eigenvalue weighted by Gasteiger charge is -2.06. The topological polar surface area (TPSA) is 137 Å². The van der Waals surface area contributed by atoms with Gasteiger partial charge in [-0.15, -0.1) is 0 Å². The second-order valence-corrected chi connectivity index (χ2v) is 8.48. The number of hydrogen-bond donors (Lipinski definition) is 2. The van der Waals surface area contributed by atoms with Crippen LogP contribution in [0.2, 0.25) is 0 Å². The Morgan fingerprint density at radius 1 is 1.10 bits per heavy atom. The zero-order valence-corrected chi connectivity index (χ0v) is 17.9. The molecular weight excluding hydrogens is 420 g/mol.